The van der Waals surface area contributed by atoms with Crippen molar-refractivity contribution in [1.29, 1.82) is 0 Å². The first-order valence-electron chi connectivity index (χ1n) is 5.66. The second kappa shape index (κ2) is 5.46. The lowest BCUT2D eigenvalue weighted by atomic mass is 10.2. The first-order valence-corrected chi connectivity index (χ1v) is 5.66. The molecule has 5 heteroatoms. The highest BCUT2D eigenvalue weighted by molar-refractivity contribution is 5.47. The molecule has 0 amide bonds. The van der Waals surface area contributed by atoms with Crippen LogP contribution in [0, 0.1) is 0 Å². The molecule has 0 spiro atoms. The maximum absolute atomic E-state index is 10.00. The summed E-state index contributed by atoms with van der Waals surface area (Å²) in [5.41, 5.74) is 1.86. The fraction of sp³-hybridized carbons (Fsp3) is 0.231. The zero-order chi connectivity index (χ0) is 13.0. The molecule has 0 aliphatic heterocycles. The third-order valence-corrected chi connectivity index (χ3v) is 2.56. The van der Waals surface area contributed by atoms with Crippen LogP contribution in [-0.4, -0.2) is 29.2 Å². The normalized spacial score (nSPS) is 11.9. The zero-order valence-corrected chi connectivity index (χ0v) is 10.4. The van der Waals surface area contributed by atoms with Crippen molar-refractivity contribution in [3.63, 3.8) is 0 Å². The van der Waals surface area contributed by atoms with Gasteiger partial charge in [0, 0.05) is 37.7 Å². The summed E-state index contributed by atoms with van der Waals surface area (Å²) in [5, 5.41) is 12.8. The van der Waals surface area contributed by atoms with Crippen molar-refractivity contribution >= 4 is 11.6 Å². The van der Waals surface area contributed by atoms with Crippen molar-refractivity contribution in [2.24, 2.45) is 0 Å². The van der Waals surface area contributed by atoms with Gasteiger partial charge in [0.2, 0.25) is 5.95 Å². The summed E-state index contributed by atoms with van der Waals surface area (Å²) in [4.78, 5) is 10.0. The van der Waals surface area contributed by atoms with E-state index in [0.717, 1.165) is 11.3 Å². The maximum Gasteiger partial charge on any atom is 0.224 e. The molecule has 1 atom stereocenters. The molecule has 0 saturated heterocycles. The molecular weight excluding hydrogens is 228 g/mol. The third kappa shape index (κ3) is 2.95. The van der Waals surface area contributed by atoms with Gasteiger partial charge in [0.25, 0.3) is 0 Å². The van der Waals surface area contributed by atoms with Gasteiger partial charge in [-0.15, -0.1) is 0 Å². The van der Waals surface area contributed by atoms with Crippen LogP contribution in [-0.2, 0) is 0 Å². The summed E-state index contributed by atoms with van der Waals surface area (Å²) in [7, 11) is 3.95. The van der Waals surface area contributed by atoms with E-state index in [2.05, 4.69) is 15.3 Å². The van der Waals surface area contributed by atoms with Crippen LogP contribution >= 0.6 is 0 Å². The minimum absolute atomic E-state index is 0.404. The van der Waals surface area contributed by atoms with Gasteiger partial charge in [0.15, 0.2) is 6.23 Å². The number of hydrogen-bond acceptors (Lipinski definition) is 5. The van der Waals surface area contributed by atoms with E-state index in [0.29, 0.717) is 5.95 Å². The summed E-state index contributed by atoms with van der Waals surface area (Å²) in [6.45, 7) is 0. The van der Waals surface area contributed by atoms with E-state index in [1.807, 2.05) is 43.3 Å². The van der Waals surface area contributed by atoms with Crippen LogP contribution in [0.2, 0.25) is 0 Å². The molecule has 0 fully saturated rings. The van der Waals surface area contributed by atoms with Gasteiger partial charge in [0.1, 0.15) is 0 Å². The minimum atomic E-state index is -0.816. The lowest BCUT2D eigenvalue weighted by Crippen LogP contribution is -2.12. The van der Waals surface area contributed by atoms with Crippen molar-refractivity contribution in [1.82, 2.24) is 9.97 Å². The lowest BCUT2D eigenvalue weighted by Gasteiger charge is -2.16. The second-order valence-electron chi connectivity index (χ2n) is 4.11. The highest BCUT2D eigenvalue weighted by Crippen LogP contribution is 2.18. The molecule has 0 bridgehead atoms. The van der Waals surface area contributed by atoms with Crippen molar-refractivity contribution in [3.8, 4) is 0 Å². The Morgan fingerprint density at radius 3 is 2.28 bits per heavy atom. The molecule has 94 valence electrons. The van der Waals surface area contributed by atoms with Crippen LogP contribution in [0.5, 0.6) is 0 Å². The molecule has 2 rings (SSSR count). The number of aliphatic hydroxyl groups is 1. The van der Waals surface area contributed by atoms with Gasteiger partial charge in [-0.1, -0.05) is 12.1 Å². The van der Waals surface area contributed by atoms with Gasteiger partial charge in [-0.25, -0.2) is 9.97 Å². The zero-order valence-electron chi connectivity index (χ0n) is 10.4. The monoisotopic (exact) mass is 244 g/mol. The van der Waals surface area contributed by atoms with E-state index < -0.39 is 6.23 Å². The number of benzene rings is 1. The lowest BCUT2D eigenvalue weighted by molar-refractivity contribution is 0.207. The fourth-order valence-corrected chi connectivity index (χ4v) is 1.53. The Morgan fingerprint density at radius 1 is 1.11 bits per heavy atom. The predicted molar refractivity (Wildman–Crippen MR) is 71.4 cm³/mol. The number of hydrogen-bond donors (Lipinski definition) is 2. The topological polar surface area (TPSA) is 61.3 Å². The molecule has 1 aromatic carbocycles. The molecule has 0 aliphatic carbocycles. The van der Waals surface area contributed by atoms with E-state index in [9.17, 15) is 5.11 Å². The van der Waals surface area contributed by atoms with Crippen molar-refractivity contribution in [2.75, 3.05) is 24.3 Å². The van der Waals surface area contributed by atoms with E-state index in [4.69, 9.17) is 0 Å². The molecule has 0 saturated carbocycles. The van der Waals surface area contributed by atoms with Gasteiger partial charge in [-0.05, 0) is 18.2 Å². The number of anilines is 2. The van der Waals surface area contributed by atoms with Crippen LogP contribution in [0.15, 0.2) is 42.7 Å². The number of aromatic nitrogens is 2. The number of rotatable bonds is 4. The van der Waals surface area contributed by atoms with Crippen molar-refractivity contribution in [2.45, 2.75) is 6.23 Å². The second-order valence-corrected chi connectivity index (χ2v) is 4.11. The molecule has 2 N–H and O–H groups in total. The largest absolute Gasteiger partial charge is 0.378 e. The standard InChI is InChI=1S/C13H16N4O/c1-17(2)11-6-4-10(5-7-11)12(18)16-13-14-8-3-9-15-13/h3-9,12,18H,1-2H3,(H,14,15,16)/t12-/m1/s1. The molecular formula is C13H16N4O. The summed E-state index contributed by atoms with van der Waals surface area (Å²) in [6, 6.07) is 9.37. The average molecular weight is 244 g/mol. The van der Waals surface area contributed by atoms with Crippen LogP contribution < -0.4 is 10.2 Å². The van der Waals surface area contributed by atoms with E-state index >= 15 is 0 Å². The Labute approximate surface area is 106 Å². The van der Waals surface area contributed by atoms with Crippen LogP contribution in [0.3, 0.4) is 0 Å². The molecule has 0 unspecified atom stereocenters. The van der Waals surface area contributed by atoms with E-state index in [-0.39, 0.29) is 0 Å². The first kappa shape index (κ1) is 12.3. The van der Waals surface area contributed by atoms with E-state index in [1.165, 1.54) is 0 Å². The van der Waals surface area contributed by atoms with Gasteiger partial charge in [-0.3, -0.25) is 0 Å². The van der Waals surface area contributed by atoms with Gasteiger partial charge >= 0.3 is 0 Å². The highest BCUT2D eigenvalue weighted by atomic mass is 16.3. The summed E-state index contributed by atoms with van der Waals surface area (Å²) in [6.07, 6.45) is 2.43. The van der Waals surface area contributed by atoms with Crippen LogP contribution in [0.1, 0.15) is 11.8 Å². The Morgan fingerprint density at radius 2 is 1.72 bits per heavy atom. The Kier molecular flexibility index (Phi) is 3.74. The average Bonchev–Trinajstić information content (AvgIpc) is 2.40. The van der Waals surface area contributed by atoms with Gasteiger partial charge in [0.05, 0.1) is 0 Å². The minimum Gasteiger partial charge on any atom is -0.378 e. The maximum atomic E-state index is 10.00. The van der Waals surface area contributed by atoms with Crippen LogP contribution in [0.25, 0.3) is 0 Å². The predicted octanol–water partition coefficient (Wildman–Crippen LogP) is 1.65. The smallest absolute Gasteiger partial charge is 0.224 e. The Bertz CT molecular complexity index is 484. The Balaban J connectivity index is 2.07. The number of nitrogens with zero attached hydrogens (tertiary/aromatic N) is 3. The highest BCUT2D eigenvalue weighted by Gasteiger charge is 2.08. The summed E-state index contributed by atoms with van der Waals surface area (Å²) < 4.78 is 0. The number of aliphatic hydroxyl groups excluding tert-OH is 1. The molecule has 5 nitrogen and oxygen atoms in total. The first-order chi connectivity index (χ1) is 8.66. The summed E-state index contributed by atoms with van der Waals surface area (Å²) >= 11 is 0. The number of nitrogens with one attached hydrogen (secondary N) is 1. The third-order valence-electron chi connectivity index (χ3n) is 2.56. The molecule has 1 aromatic heterocycles. The summed E-state index contributed by atoms with van der Waals surface area (Å²) in [5.74, 6) is 0.404. The Hall–Kier alpha value is -2.14. The van der Waals surface area contributed by atoms with Crippen molar-refractivity contribution in [3.05, 3.63) is 48.3 Å². The molecule has 0 radical (unpaired) electrons. The quantitative estimate of drug-likeness (QED) is 0.801. The fourth-order valence-electron chi connectivity index (χ4n) is 1.53. The molecule has 1 heterocycles. The van der Waals surface area contributed by atoms with E-state index in [1.54, 1.807) is 18.5 Å². The van der Waals surface area contributed by atoms with Crippen LogP contribution in [0.4, 0.5) is 11.6 Å². The van der Waals surface area contributed by atoms with Crippen molar-refractivity contribution < 1.29 is 5.11 Å². The SMILES string of the molecule is CN(C)c1ccc([C@@H](O)Nc2ncccn2)cc1. The van der Waals surface area contributed by atoms with Gasteiger partial charge in [-0.2, -0.15) is 0 Å². The van der Waals surface area contributed by atoms with Gasteiger partial charge < -0.3 is 15.3 Å². The molecule has 18 heavy (non-hydrogen) atoms. The molecule has 2 aromatic rings. The molecule has 0 aliphatic rings.